The molecule has 0 saturated carbocycles. The third-order valence-electron chi connectivity index (χ3n) is 5.26. The number of hydrogen-bond donors (Lipinski definition) is 0. The summed E-state index contributed by atoms with van der Waals surface area (Å²) < 4.78 is 0. The Labute approximate surface area is 163 Å². The van der Waals surface area contributed by atoms with Gasteiger partial charge in [-0.15, -0.1) is 11.8 Å². The van der Waals surface area contributed by atoms with Crippen molar-refractivity contribution in [3.05, 3.63) is 114 Å². The fourth-order valence-electron chi connectivity index (χ4n) is 4.06. The van der Waals surface area contributed by atoms with Gasteiger partial charge in [0.1, 0.15) is 0 Å². The summed E-state index contributed by atoms with van der Waals surface area (Å²) in [6, 6.07) is 33.1. The van der Waals surface area contributed by atoms with Gasteiger partial charge >= 0.3 is 0 Å². The Hall–Kier alpha value is -2.84. The minimum Gasteiger partial charge on any atom is -0.293 e. The first-order valence-electron chi connectivity index (χ1n) is 9.15. The predicted octanol–water partition coefficient (Wildman–Crippen LogP) is 6.65. The van der Waals surface area contributed by atoms with E-state index in [0.29, 0.717) is 0 Å². The Morgan fingerprint density at radius 1 is 0.704 bits per heavy atom. The van der Waals surface area contributed by atoms with Crippen molar-refractivity contribution in [1.82, 2.24) is 0 Å². The zero-order valence-corrected chi connectivity index (χ0v) is 15.5. The molecule has 130 valence electrons. The average Bonchev–Trinajstić information content (AvgIpc) is 3.02. The van der Waals surface area contributed by atoms with Crippen LogP contribution in [0.15, 0.2) is 102 Å². The molecule has 27 heavy (non-hydrogen) atoms. The van der Waals surface area contributed by atoms with Gasteiger partial charge in [0.2, 0.25) is 0 Å². The standard InChI is InChI=1S/C25H18OS/c26-24-21-16-8-12-17-11-7-15-20(22(17)21)23(24)25(18-9-3-1-4-10-18)27-19-13-5-2-6-14-19/h1-16,23,25H/t23-,25-/m0/s1. The molecule has 5 rings (SSSR count). The van der Waals surface area contributed by atoms with Gasteiger partial charge in [0.05, 0.1) is 5.92 Å². The second-order valence-corrected chi connectivity index (χ2v) is 8.07. The molecule has 2 atom stereocenters. The van der Waals surface area contributed by atoms with Crippen molar-refractivity contribution in [3.8, 4) is 0 Å². The Balaban J connectivity index is 1.67. The van der Waals surface area contributed by atoms with Crippen LogP contribution in [0.1, 0.15) is 32.7 Å². The van der Waals surface area contributed by atoms with Gasteiger partial charge in [0.25, 0.3) is 0 Å². The highest BCUT2D eigenvalue weighted by Gasteiger charge is 2.39. The molecule has 0 fully saturated rings. The van der Waals surface area contributed by atoms with Gasteiger partial charge in [-0.25, -0.2) is 0 Å². The van der Waals surface area contributed by atoms with E-state index < -0.39 is 0 Å². The fourth-order valence-corrected chi connectivity index (χ4v) is 5.37. The minimum atomic E-state index is -0.168. The van der Waals surface area contributed by atoms with Gasteiger partial charge in [-0.1, -0.05) is 84.9 Å². The Morgan fingerprint density at radius 3 is 2.11 bits per heavy atom. The van der Waals surface area contributed by atoms with E-state index in [2.05, 4.69) is 72.8 Å². The smallest absolute Gasteiger partial charge is 0.172 e. The number of Topliss-reactive ketones (excluding diaryl/α,β-unsaturated/α-hetero) is 1. The predicted molar refractivity (Wildman–Crippen MR) is 113 cm³/mol. The third-order valence-corrected chi connectivity index (χ3v) is 6.60. The summed E-state index contributed by atoms with van der Waals surface area (Å²) in [6.45, 7) is 0. The number of benzene rings is 4. The highest BCUT2D eigenvalue weighted by atomic mass is 32.2. The molecule has 0 radical (unpaired) electrons. The molecule has 4 aromatic rings. The molecule has 0 spiro atoms. The molecule has 2 heteroatoms. The van der Waals surface area contributed by atoms with Gasteiger partial charge in [0.15, 0.2) is 5.78 Å². The van der Waals surface area contributed by atoms with Crippen LogP contribution in [-0.2, 0) is 0 Å². The highest BCUT2D eigenvalue weighted by molar-refractivity contribution is 7.99. The van der Waals surface area contributed by atoms with Crippen LogP contribution in [0.25, 0.3) is 10.8 Å². The van der Waals surface area contributed by atoms with E-state index in [9.17, 15) is 4.79 Å². The van der Waals surface area contributed by atoms with Crippen molar-refractivity contribution in [2.75, 3.05) is 0 Å². The lowest BCUT2D eigenvalue weighted by molar-refractivity contribution is 0.0966. The zero-order chi connectivity index (χ0) is 18.2. The number of carbonyl (C=O) groups excluding carboxylic acids is 1. The largest absolute Gasteiger partial charge is 0.293 e. The van der Waals surface area contributed by atoms with E-state index in [-0.39, 0.29) is 17.0 Å². The molecule has 1 aliphatic rings. The summed E-state index contributed by atoms with van der Waals surface area (Å²) >= 11 is 1.78. The van der Waals surface area contributed by atoms with Crippen LogP contribution in [0.3, 0.4) is 0 Å². The zero-order valence-electron chi connectivity index (χ0n) is 14.7. The van der Waals surface area contributed by atoms with Gasteiger partial charge in [-0.2, -0.15) is 0 Å². The number of carbonyl (C=O) groups is 1. The molecule has 0 N–H and O–H groups in total. The first-order valence-corrected chi connectivity index (χ1v) is 10.0. The quantitative estimate of drug-likeness (QED) is 0.376. The SMILES string of the molecule is O=C1c2cccc3cccc(c23)[C@@H]1[C@@H](Sc1ccccc1)c1ccccc1. The summed E-state index contributed by atoms with van der Waals surface area (Å²) in [5.74, 6) is 0.0674. The van der Waals surface area contributed by atoms with Crippen LogP contribution in [0.5, 0.6) is 0 Å². The molecular formula is C25H18OS. The second-order valence-electron chi connectivity index (χ2n) is 6.86. The van der Waals surface area contributed by atoms with E-state index >= 15 is 0 Å². The minimum absolute atomic E-state index is 0.0408. The van der Waals surface area contributed by atoms with Crippen LogP contribution in [0.4, 0.5) is 0 Å². The molecule has 4 aromatic carbocycles. The summed E-state index contributed by atoms with van der Waals surface area (Å²) in [4.78, 5) is 14.7. The van der Waals surface area contributed by atoms with Crippen molar-refractivity contribution in [1.29, 1.82) is 0 Å². The molecule has 1 nitrogen and oxygen atoms in total. The Kier molecular flexibility index (Phi) is 4.06. The van der Waals surface area contributed by atoms with Gasteiger partial charge in [0, 0.05) is 15.7 Å². The molecule has 0 bridgehead atoms. The van der Waals surface area contributed by atoms with E-state index in [1.807, 2.05) is 24.3 Å². The highest BCUT2D eigenvalue weighted by Crippen LogP contribution is 2.51. The molecule has 0 aliphatic heterocycles. The molecule has 0 saturated heterocycles. The maximum absolute atomic E-state index is 13.5. The summed E-state index contributed by atoms with van der Waals surface area (Å²) in [5, 5.41) is 2.32. The second kappa shape index (κ2) is 6.71. The average molecular weight is 366 g/mol. The van der Waals surface area contributed by atoms with Gasteiger partial charge in [-0.05, 0) is 34.0 Å². The Bertz CT molecular complexity index is 1110. The molecule has 0 heterocycles. The molecular weight excluding hydrogens is 348 g/mol. The lowest BCUT2D eigenvalue weighted by Gasteiger charge is -2.24. The normalized spacial score (nSPS) is 16.6. The number of rotatable bonds is 4. The van der Waals surface area contributed by atoms with Crippen LogP contribution in [0.2, 0.25) is 0 Å². The van der Waals surface area contributed by atoms with Gasteiger partial charge < -0.3 is 0 Å². The summed E-state index contributed by atoms with van der Waals surface area (Å²) in [7, 11) is 0. The summed E-state index contributed by atoms with van der Waals surface area (Å²) in [6.07, 6.45) is 0. The van der Waals surface area contributed by atoms with Crippen molar-refractivity contribution in [3.63, 3.8) is 0 Å². The van der Waals surface area contributed by atoms with Crippen LogP contribution in [0, 0.1) is 0 Å². The lowest BCUT2D eigenvalue weighted by Crippen LogP contribution is -2.14. The lowest BCUT2D eigenvalue weighted by atomic mass is 9.91. The maximum atomic E-state index is 13.5. The van der Waals surface area contributed by atoms with E-state index in [1.165, 1.54) is 10.5 Å². The monoisotopic (exact) mass is 366 g/mol. The molecule has 0 aromatic heterocycles. The Morgan fingerprint density at radius 2 is 1.37 bits per heavy atom. The topological polar surface area (TPSA) is 17.1 Å². The van der Waals surface area contributed by atoms with E-state index in [1.54, 1.807) is 11.8 Å². The number of thioether (sulfide) groups is 1. The van der Waals surface area contributed by atoms with Crippen molar-refractivity contribution in [2.45, 2.75) is 16.1 Å². The molecule has 0 unspecified atom stereocenters. The fraction of sp³-hybridized carbons (Fsp3) is 0.0800. The van der Waals surface area contributed by atoms with E-state index in [0.717, 1.165) is 21.9 Å². The molecule has 1 aliphatic carbocycles. The van der Waals surface area contributed by atoms with Crippen molar-refractivity contribution >= 4 is 28.3 Å². The third kappa shape index (κ3) is 2.77. The van der Waals surface area contributed by atoms with Crippen LogP contribution >= 0.6 is 11.8 Å². The first-order chi connectivity index (χ1) is 13.3. The summed E-state index contributed by atoms with van der Waals surface area (Å²) in [5.41, 5.74) is 3.21. The number of ketones is 1. The van der Waals surface area contributed by atoms with E-state index in [4.69, 9.17) is 0 Å². The van der Waals surface area contributed by atoms with Crippen molar-refractivity contribution < 1.29 is 4.79 Å². The first kappa shape index (κ1) is 16.3. The van der Waals surface area contributed by atoms with Crippen molar-refractivity contribution in [2.24, 2.45) is 0 Å². The van der Waals surface area contributed by atoms with Gasteiger partial charge in [-0.3, -0.25) is 4.79 Å². The van der Waals surface area contributed by atoms with Crippen LogP contribution < -0.4 is 0 Å². The van der Waals surface area contributed by atoms with Crippen LogP contribution in [-0.4, -0.2) is 5.78 Å². The maximum Gasteiger partial charge on any atom is 0.172 e. The molecule has 0 amide bonds. The number of hydrogen-bond acceptors (Lipinski definition) is 2.